The van der Waals surface area contributed by atoms with Crippen molar-refractivity contribution >= 4 is 33.2 Å². The number of fused-ring (bicyclic) bond motifs is 1. The fourth-order valence-corrected chi connectivity index (χ4v) is 3.55. The summed E-state index contributed by atoms with van der Waals surface area (Å²) < 4.78 is 0. The highest BCUT2D eigenvalue weighted by molar-refractivity contribution is 7.16. The topological polar surface area (TPSA) is 49.2 Å². The van der Waals surface area contributed by atoms with Crippen molar-refractivity contribution < 1.29 is 5.11 Å². The maximum Gasteiger partial charge on any atom is 0.145 e. The van der Waals surface area contributed by atoms with E-state index in [2.05, 4.69) is 14.9 Å². The normalized spacial score (nSPS) is 18.2. The first kappa shape index (κ1) is 13.2. The Labute approximate surface area is 121 Å². The molecule has 3 heterocycles. The van der Waals surface area contributed by atoms with Gasteiger partial charge in [-0.2, -0.15) is 0 Å². The average Bonchev–Trinajstić information content (AvgIpc) is 2.88. The van der Waals surface area contributed by atoms with Crippen molar-refractivity contribution in [2.24, 2.45) is 5.92 Å². The molecule has 0 aliphatic carbocycles. The maximum atomic E-state index is 9.14. The molecule has 0 amide bonds. The van der Waals surface area contributed by atoms with E-state index >= 15 is 0 Å². The molecule has 1 aliphatic heterocycles. The molecule has 6 heteroatoms. The van der Waals surface area contributed by atoms with Gasteiger partial charge in [-0.1, -0.05) is 11.6 Å². The molecule has 0 bridgehead atoms. The Balaban J connectivity index is 1.71. The Morgan fingerprint density at radius 2 is 2.16 bits per heavy atom. The maximum absolute atomic E-state index is 9.14. The number of aromatic nitrogens is 2. The van der Waals surface area contributed by atoms with Crippen molar-refractivity contribution in [1.29, 1.82) is 0 Å². The number of halogens is 1. The van der Waals surface area contributed by atoms with Crippen LogP contribution in [-0.2, 0) is 6.54 Å². The molecule has 1 fully saturated rings. The Kier molecular flexibility index (Phi) is 3.98. The summed E-state index contributed by atoms with van der Waals surface area (Å²) in [6.07, 6.45) is 2.09. The van der Waals surface area contributed by atoms with Crippen LogP contribution in [0.5, 0.6) is 0 Å². The van der Waals surface area contributed by atoms with Crippen LogP contribution in [0.4, 0.5) is 0 Å². The van der Waals surface area contributed by atoms with Crippen molar-refractivity contribution in [1.82, 2.24) is 14.9 Å². The van der Waals surface area contributed by atoms with Gasteiger partial charge in [-0.25, -0.2) is 9.97 Å². The van der Waals surface area contributed by atoms with E-state index in [4.69, 9.17) is 16.7 Å². The lowest BCUT2D eigenvalue weighted by molar-refractivity contribution is 0.125. The molecular formula is C13H16ClN3OS. The third-order valence-electron chi connectivity index (χ3n) is 3.66. The van der Waals surface area contributed by atoms with Crippen LogP contribution >= 0.6 is 22.9 Å². The van der Waals surface area contributed by atoms with Gasteiger partial charge in [-0.3, -0.25) is 4.90 Å². The molecule has 0 atom stereocenters. The molecule has 0 spiro atoms. The Morgan fingerprint density at radius 3 is 2.89 bits per heavy atom. The molecule has 2 aromatic rings. The summed E-state index contributed by atoms with van der Waals surface area (Å²) in [5.74, 6) is 1.25. The number of nitrogens with zero attached hydrogens (tertiary/aromatic N) is 3. The summed E-state index contributed by atoms with van der Waals surface area (Å²) >= 11 is 7.77. The number of piperidine rings is 1. The highest BCUT2D eigenvalue weighted by Gasteiger charge is 2.19. The smallest absolute Gasteiger partial charge is 0.145 e. The Hall–Kier alpha value is -0.750. The predicted octanol–water partition coefficient (Wildman–Crippen LogP) is 2.55. The fourth-order valence-electron chi connectivity index (χ4n) is 2.46. The summed E-state index contributed by atoms with van der Waals surface area (Å²) in [6, 6.07) is 1.96. The number of hydrogen-bond donors (Lipinski definition) is 1. The van der Waals surface area contributed by atoms with E-state index in [1.54, 1.807) is 11.3 Å². The number of likely N-dealkylation sites (tertiary alicyclic amines) is 1. The third-order valence-corrected chi connectivity index (χ3v) is 4.75. The summed E-state index contributed by atoms with van der Waals surface area (Å²) in [4.78, 5) is 12.2. The minimum atomic E-state index is 0.303. The lowest BCUT2D eigenvalue weighted by Gasteiger charge is -2.30. The van der Waals surface area contributed by atoms with E-state index in [1.807, 2.05) is 11.4 Å². The zero-order valence-corrected chi connectivity index (χ0v) is 12.1. The molecule has 19 heavy (non-hydrogen) atoms. The molecule has 2 aromatic heterocycles. The molecule has 0 unspecified atom stereocenters. The number of aliphatic hydroxyl groups is 1. The standard InChI is InChI=1S/C13H16ClN3OS/c14-12-10-3-6-19-13(10)16-11(15-12)7-17-4-1-9(8-18)2-5-17/h3,6,9,18H,1-2,4-5,7-8H2. The van der Waals surface area contributed by atoms with E-state index in [9.17, 15) is 0 Å². The second-order valence-corrected chi connectivity index (χ2v) is 6.22. The minimum absolute atomic E-state index is 0.303. The van der Waals surface area contributed by atoms with Gasteiger partial charge in [0, 0.05) is 12.0 Å². The molecule has 0 saturated carbocycles. The van der Waals surface area contributed by atoms with Crippen LogP contribution in [0.1, 0.15) is 18.7 Å². The van der Waals surface area contributed by atoms with Crippen LogP contribution in [-0.4, -0.2) is 39.7 Å². The third kappa shape index (κ3) is 2.89. The molecule has 4 nitrogen and oxygen atoms in total. The molecular weight excluding hydrogens is 282 g/mol. The fraction of sp³-hybridized carbons (Fsp3) is 0.538. The van der Waals surface area contributed by atoms with Crippen molar-refractivity contribution in [3.05, 3.63) is 22.4 Å². The number of aliphatic hydroxyl groups excluding tert-OH is 1. The van der Waals surface area contributed by atoms with Crippen molar-refractivity contribution in [3.8, 4) is 0 Å². The van der Waals surface area contributed by atoms with Crippen molar-refractivity contribution in [2.45, 2.75) is 19.4 Å². The van der Waals surface area contributed by atoms with Crippen LogP contribution in [0.2, 0.25) is 5.15 Å². The zero-order valence-electron chi connectivity index (χ0n) is 10.5. The van der Waals surface area contributed by atoms with Gasteiger partial charge in [0.2, 0.25) is 0 Å². The molecule has 0 radical (unpaired) electrons. The first-order valence-electron chi connectivity index (χ1n) is 6.49. The van der Waals surface area contributed by atoms with E-state index in [-0.39, 0.29) is 0 Å². The molecule has 1 saturated heterocycles. The quantitative estimate of drug-likeness (QED) is 0.885. The van der Waals surface area contributed by atoms with Crippen LogP contribution in [0.15, 0.2) is 11.4 Å². The van der Waals surface area contributed by atoms with Gasteiger partial charge >= 0.3 is 0 Å². The summed E-state index contributed by atoms with van der Waals surface area (Å²) in [7, 11) is 0. The van der Waals surface area contributed by atoms with E-state index < -0.39 is 0 Å². The second kappa shape index (κ2) is 5.71. The van der Waals surface area contributed by atoms with Crippen molar-refractivity contribution in [3.63, 3.8) is 0 Å². The minimum Gasteiger partial charge on any atom is -0.396 e. The van der Waals surface area contributed by atoms with Gasteiger partial charge in [0.15, 0.2) is 0 Å². The van der Waals surface area contributed by atoms with E-state index in [0.29, 0.717) is 17.7 Å². The van der Waals surface area contributed by atoms with Gasteiger partial charge in [-0.15, -0.1) is 11.3 Å². The van der Waals surface area contributed by atoms with Crippen LogP contribution in [0, 0.1) is 5.92 Å². The lowest BCUT2D eigenvalue weighted by atomic mass is 9.98. The highest BCUT2D eigenvalue weighted by atomic mass is 35.5. The van der Waals surface area contributed by atoms with Crippen LogP contribution in [0.25, 0.3) is 10.2 Å². The largest absolute Gasteiger partial charge is 0.396 e. The molecule has 102 valence electrons. The van der Waals surface area contributed by atoms with Crippen molar-refractivity contribution in [2.75, 3.05) is 19.7 Å². The van der Waals surface area contributed by atoms with Gasteiger partial charge in [0.25, 0.3) is 0 Å². The molecule has 1 N–H and O–H groups in total. The summed E-state index contributed by atoms with van der Waals surface area (Å²) in [5.41, 5.74) is 0. The monoisotopic (exact) mass is 297 g/mol. The van der Waals surface area contributed by atoms with Crippen LogP contribution in [0.3, 0.4) is 0 Å². The highest BCUT2D eigenvalue weighted by Crippen LogP contribution is 2.25. The van der Waals surface area contributed by atoms with Gasteiger partial charge in [-0.05, 0) is 43.3 Å². The number of rotatable bonds is 3. The van der Waals surface area contributed by atoms with Gasteiger partial charge in [0.05, 0.1) is 6.54 Å². The van der Waals surface area contributed by atoms with Crippen LogP contribution < -0.4 is 0 Å². The Bertz CT molecular complexity index is 566. The van der Waals surface area contributed by atoms with E-state index in [1.165, 1.54) is 0 Å². The van der Waals surface area contributed by atoms with Gasteiger partial charge < -0.3 is 5.11 Å². The van der Waals surface area contributed by atoms with E-state index in [0.717, 1.165) is 48.5 Å². The first-order valence-corrected chi connectivity index (χ1v) is 7.75. The number of hydrogen-bond acceptors (Lipinski definition) is 5. The summed E-state index contributed by atoms with van der Waals surface area (Å²) in [6.45, 7) is 3.03. The lowest BCUT2D eigenvalue weighted by Crippen LogP contribution is -2.34. The zero-order chi connectivity index (χ0) is 13.2. The number of thiophene rings is 1. The Morgan fingerprint density at radius 1 is 1.37 bits per heavy atom. The molecule has 3 rings (SSSR count). The first-order chi connectivity index (χ1) is 9.26. The molecule has 1 aliphatic rings. The summed E-state index contributed by atoms with van der Waals surface area (Å²) in [5, 5.41) is 12.6. The molecule has 0 aromatic carbocycles. The second-order valence-electron chi connectivity index (χ2n) is 4.97. The average molecular weight is 298 g/mol. The predicted molar refractivity (Wildman–Crippen MR) is 77.5 cm³/mol. The SMILES string of the molecule is OCC1CCN(Cc2nc(Cl)c3ccsc3n2)CC1. The van der Waals surface area contributed by atoms with Gasteiger partial charge in [0.1, 0.15) is 15.8 Å².